The van der Waals surface area contributed by atoms with E-state index >= 15 is 0 Å². The molecule has 2 rings (SSSR count). The molecule has 0 spiro atoms. The minimum absolute atomic E-state index is 0.156. The molecule has 1 amide bonds. The van der Waals surface area contributed by atoms with E-state index in [1.54, 1.807) is 0 Å². The third-order valence-electron chi connectivity index (χ3n) is 4.18. The first kappa shape index (κ1) is 15.0. The maximum atomic E-state index is 11.8. The quantitative estimate of drug-likeness (QED) is 0.487. The molecule has 5 nitrogen and oxygen atoms in total. The monoisotopic (exact) mass is 276 g/mol. The third-order valence-corrected chi connectivity index (χ3v) is 4.18. The molecule has 20 heavy (non-hydrogen) atoms. The Balaban J connectivity index is 2.13. The number of hydrogen-bond acceptors (Lipinski definition) is 4. The molecule has 1 aromatic rings. The first-order valence-corrected chi connectivity index (χ1v) is 6.96. The minimum Gasteiger partial charge on any atom is -0.299 e. The van der Waals surface area contributed by atoms with E-state index in [0.717, 1.165) is 31.7 Å². The Morgan fingerprint density at radius 1 is 1.35 bits per heavy atom. The number of hydrazine groups is 1. The second-order valence-electron chi connectivity index (χ2n) is 6.08. The lowest BCUT2D eigenvalue weighted by Crippen LogP contribution is -2.57. The maximum absolute atomic E-state index is 11.8. The molecule has 1 heterocycles. The minimum atomic E-state index is -0.228. The predicted octanol–water partition coefficient (Wildman–Crippen LogP) is 0.816. The predicted molar refractivity (Wildman–Crippen MR) is 80.1 cm³/mol. The number of piperazine rings is 1. The van der Waals surface area contributed by atoms with Gasteiger partial charge < -0.3 is 0 Å². The number of nitrogen functional groups attached to an aromatic ring is 1. The summed E-state index contributed by atoms with van der Waals surface area (Å²) in [5.74, 6) is 5.02. The van der Waals surface area contributed by atoms with Crippen LogP contribution in [0.15, 0.2) is 24.3 Å². The number of carbonyl (C=O) groups excluding carboxylic acids is 1. The van der Waals surface area contributed by atoms with Gasteiger partial charge in [0.25, 0.3) is 5.91 Å². The second-order valence-corrected chi connectivity index (χ2v) is 6.08. The van der Waals surface area contributed by atoms with Crippen LogP contribution in [0.1, 0.15) is 29.8 Å². The number of likely N-dealkylation sites (N-methyl/N-ethyl adjacent to an activating group) is 1. The van der Waals surface area contributed by atoms with Crippen LogP contribution in [0.5, 0.6) is 0 Å². The Labute approximate surface area is 120 Å². The Bertz CT molecular complexity index is 487. The summed E-state index contributed by atoms with van der Waals surface area (Å²) in [5.41, 5.74) is 4.06. The van der Waals surface area contributed by atoms with E-state index in [-0.39, 0.29) is 11.4 Å². The fraction of sp³-hybridized carbons (Fsp3) is 0.533. The fourth-order valence-corrected chi connectivity index (χ4v) is 2.67. The van der Waals surface area contributed by atoms with E-state index in [0.29, 0.717) is 5.56 Å². The summed E-state index contributed by atoms with van der Waals surface area (Å²) >= 11 is 0. The van der Waals surface area contributed by atoms with Gasteiger partial charge in [-0.25, -0.2) is 5.84 Å². The van der Waals surface area contributed by atoms with E-state index in [4.69, 9.17) is 5.84 Å². The van der Waals surface area contributed by atoms with Gasteiger partial charge in [-0.1, -0.05) is 18.2 Å². The average molecular weight is 276 g/mol. The van der Waals surface area contributed by atoms with Crippen LogP contribution in [0.2, 0.25) is 0 Å². The van der Waals surface area contributed by atoms with Crippen molar-refractivity contribution < 1.29 is 4.79 Å². The van der Waals surface area contributed by atoms with E-state index in [9.17, 15) is 4.79 Å². The van der Waals surface area contributed by atoms with Crippen LogP contribution in [0, 0.1) is 0 Å². The highest BCUT2D eigenvalue weighted by Gasteiger charge is 2.31. The van der Waals surface area contributed by atoms with E-state index in [1.165, 1.54) is 0 Å². The van der Waals surface area contributed by atoms with Crippen LogP contribution < -0.4 is 11.3 Å². The van der Waals surface area contributed by atoms with Gasteiger partial charge in [-0.3, -0.25) is 20.0 Å². The van der Waals surface area contributed by atoms with Crippen molar-refractivity contribution in [1.82, 2.24) is 15.2 Å². The number of nitrogens with two attached hydrogens (primary N) is 1. The first-order valence-electron chi connectivity index (χ1n) is 6.96. The van der Waals surface area contributed by atoms with Crippen LogP contribution in [-0.2, 0) is 6.54 Å². The maximum Gasteiger partial charge on any atom is 0.265 e. The van der Waals surface area contributed by atoms with Crippen molar-refractivity contribution in [1.29, 1.82) is 0 Å². The topological polar surface area (TPSA) is 61.6 Å². The molecular formula is C15H24N4O. The number of rotatable bonds is 3. The standard InChI is InChI=1S/C15H24N4O/c1-15(2)11-19(9-8-18(15)3)10-12-6-4-5-7-13(12)14(20)17-16/h4-7H,8-11,16H2,1-3H3,(H,17,20). The van der Waals surface area contributed by atoms with Crippen LogP contribution >= 0.6 is 0 Å². The van der Waals surface area contributed by atoms with Crippen molar-refractivity contribution >= 4 is 5.91 Å². The molecule has 0 aliphatic carbocycles. The van der Waals surface area contributed by atoms with Crippen LogP contribution in [0.25, 0.3) is 0 Å². The van der Waals surface area contributed by atoms with Gasteiger partial charge in [0.15, 0.2) is 0 Å². The third kappa shape index (κ3) is 3.17. The molecule has 0 bridgehead atoms. The smallest absolute Gasteiger partial charge is 0.265 e. The van der Waals surface area contributed by atoms with Gasteiger partial charge in [0.05, 0.1) is 0 Å². The summed E-state index contributed by atoms with van der Waals surface area (Å²) in [4.78, 5) is 16.6. The average Bonchev–Trinajstić information content (AvgIpc) is 2.42. The highest BCUT2D eigenvalue weighted by Crippen LogP contribution is 2.21. The fourth-order valence-electron chi connectivity index (χ4n) is 2.67. The molecule has 1 aliphatic rings. The Morgan fingerprint density at radius 3 is 2.70 bits per heavy atom. The van der Waals surface area contributed by atoms with Gasteiger partial charge in [0.2, 0.25) is 0 Å². The van der Waals surface area contributed by atoms with Crippen molar-refractivity contribution in [2.45, 2.75) is 25.9 Å². The number of amides is 1. The molecule has 0 unspecified atom stereocenters. The normalized spacial score (nSPS) is 19.8. The number of carbonyl (C=O) groups is 1. The highest BCUT2D eigenvalue weighted by atomic mass is 16.2. The summed E-state index contributed by atoms with van der Waals surface area (Å²) in [6.07, 6.45) is 0. The molecule has 0 radical (unpaired) electrons. The Kier molecular flexibility index (Phi) is 4.42. The summed E-state index contributed by atoms with van der Waals surface area (Å²) < 4.78 is 0. The van der Waals surface area contributed by atoms with Crippen molar-refractivity contribution in [3.05, 3.63) is 35.4 Å². The molecule has 1 aromatic carbocycles. The van der Waals surface area contributed by atoms with Crippen molar-refractivity contribution in [2.75, 3.05) is 26.7 Å². The van der Waals surface area contributed by atoms with Gasteiger partial charge in [0.1, 0.15) is 0 Å². The molecular weight excluding hydrogens is 252 g/mol. The molecule has 3 N–H and O–H groups in total. The molecule has 0 aromatic heterocycles. The lowest BCUT2D eigenvalue weighted by atomic mass is 9.98. The van der Waals surface area contributed by atoms with Gasteiger partial charge in [-0.15, -0.1) is 0 Å². The van der Waals surface area contributed by atoms with E-state index in [1.807, 2.05) is 24.3 Å². The largest absolute Gasteiger partial charge is 0.299 e. The van der Waals surface area contributed by atoms with Crippen LogP contribution in [-0.4, -0.2) is 47.9 Å². The molecule has 1 saturated heterocycles. The number of benzene rings is 1. The van der Waals surface area contributed by atoms with Gasteiger partial charge in [-0.2, -0.15) is 0 Å². The van der Waals surface area contributed by atoms with E-state index < -0.39 is 0 Å². The first-order chi connectivity index (χ1) is 9.44. The highest BCUT2D eigenvalue weighted by molar-refractivity contribution is 5.95. The molecule has 0 saturated carbocycles. The molecule has 110 valence electrons. The van der Waals surface area contributed by atoms with Crippen molar-refractivity contribution in [3.8, 4) is 0 Å². The van der Waals surface area contributed by atoms with Crippen LogP contribution in [0.4, 0.5) is 0 Å². The summed E-state index contributed by atoms with van der Waals surface area (Å²) in [5, 5.41) is 0. The second kappa shape index (κ2) is 5.91. The van der Waals surface area contributed by atoms with Gasteiger partial charge in [0, 0.05) is 37.3 Å². The summed E-state index contributed by atoms with van der Waals surface area (Å²) in [7, 11) is 2.16. The summed E-state index contributed by atoms with van der Waals surface area (Å²) in [6, 6.07) is 7.64. The lowest BCUT2D eigenvalue weighted by molar-refractivity contribution is 0.0359. The zero-order chi connectivity index (χ0) is 14.8. The van der Waals surface area contributed by atoms with E-state index in [2.05, 4.69) is 36.1 Å². The van der Waals surface area contributed by atoms with Gasteiger partial charge >= 0.3 is 0 Å². The zero-order valence-corrected chi connectivity index (χ0v) is 12.5. The molecule has 0 atom stereocenters. The zero-order valence-electron chi connectivity index (χ0n) is 12.5. The lowest BCUT2D eigenvalue weighted by Gasteiger charge is -2.45. The number of nitrogens with one attached hydrogen (secondary N) is 1. The SMILES string of the molecule is CN1CCN(Cc2ccccc2C(=O)NN)CC1(C)C. The Morgan fingerprint density at radius 2 is 2.05 bits per heavy atom. The summed E-state index contributed by atoms with van der Waals surface area (Å²) in [6.45, 7) is 8.31. The van der Waals surface area contributed by atoms with Crippen LogP contribution in [0.3, 0.4) is 0 Å². The number of nitrogens with zero attached hydrogens (tertiary/aromatic N) is 2. The van der Waals surface area contributed by atoms with Gasteiger partial charge in [-0.05, 0) is 32.5 Å². The van der Waals surface area contributed by atoms with Crippen molar-refractivity contribution in [3.63, 3.8) is 0 Å². The molecule has 5 heteroatoms. The van der Waals surface area contributed by atoms with Crippen molar-refractivity contribution in [2.24, 2.45) is 5.84 Å². The molecule has 1 aliphatic heterocycles. The number of hydrogen-bond donors (Lipinski definition) is 2. The Hall–Kier alpha value is -1.43. The molecule has 1 fully saturated rings.